The lowest BCUT2D eigenvalue weighted by molar-refractivity contribution is 0.0605. The Labute approximate surface area is 185 Å². The van der Waals surface area contributed by atoms with Crippen molar-refractivity contribution in [2.75, 3.05) is 0 Å². The first-order chi connectivity index (χ1) is 15.2. The third kappa shape index (κ3) is 3.22. The Morgan fingerprint density at radius 2 is 2.09 bits per heavy atom. The van der Waals surface area contributed by atoms with E-state index in [1.807, 2.05) is 0 Å². The van der Waals surface area contributed by atoms with Gasteiger partial charge in [-0.25, -0.2) is 18.7 Å². The van der Waals surface area contributed by atoms with Crippen molar-refractivity contribution in [3.05, 3.63) is 55.4 Å². The molecule has 5 rings (SSSR count). The number of hydrogen-bond donors (Lipinski definition) is 1. The second-order valence-corrected chi connectivity index (χ2v) is 9.31. The Morgan fingerprint density at radius 3 is 2.75 bits per heavy atom. The third-order valence-electron chi connectivity index (χ3n) is 6.98. The molecule has 32 heavy (non-hydrogen) atoms. The number of nitrogens with zero attached hydrogens (tertiary/aromatic N) is 5. The molecule has 2 aliphatic carbocycles. The highest BCUT2D eigenvalue weighted by molar-refractivity contribution is 6.16. The molecule has 3 aromatic rings. The van der Waals surface area contributed by atoms with Crippen LogP contribution in [0.5, 0.6) is 5.75 Å². The molecule has 2 saturated carbocycles. The maximum Gasteiger partial charge on any atom is 0.185 e. The molecule has 0 unspecified atom stereocenters. The van der Waals surface area contributed by atoms with Gasteiger partial charge in [-0.2, -0.15) is 0 Å². The van der Waals surface area contributed by atoms with E-state index in [1.54, 1.807) is 48.4 Å². The van der Waals surface area contributed by atoms with Crippen molar-refractivity contribution >= 4 is 13.4 Å². The number of imidazole rings is 1. The number of hydrogen-bond acceptors (Lipinski definition) is 5. The molecule has 2 aliphatic rings. The fourth-order valence-electron chi connectivity index (χ4n) is 5.27. The smallest absolute Gasteiger partial charge is 0.185 e. The lowest BCUT2D eigenvalue weighted by Crippen LogP contribution is -2.40. The molecule has 6 nitrogen and oxygen atoms in total. The molecule has 2 bridgehead atoms. The van der Waals surface area contributed by atoms with E-state index in [4.69, 9.17) is 7.85 Å². The van der Waals surface area contributed by atoms with Crippen molar-refractivity contribution in [1.82, 2.24) is 24.7 Å². The van der Waals surface area contributed by atoms with Gasteiger partial charge in [0, 0.05) is 29.8 Å². The summed E-state index contributed by atoms with van der Waals surface area (Å²) in [6.45, 7) is 5.78. The number of fused-ring (bicyclic) bond motifs is 2. The molecule has 0 spiro atoms. The Bertz CT molecular complexity index is 1170. The predicted molar refractivity (Wildman–Crippen MR) is 117 cm³/mol. The summed E-state index contributed by atoms with van der Waals surface area (Å²) in [6.07, 6.45) is 4.59. The summed E-state index contributed by atoms with van der Waals surface area (Å²) < 4.78 is 31.6. The van der Waals surface area contributed by atoms with Gasteiger partial charge in [0.2, 0.25) is 0 Å². The van der Waals surface area contributed by atoms with Crippen molar-refractivity contribution in [3.8, 4) is 22.8 Å². The summed E-state index contributed by atoms with van der Waals surface area (Å²) in [7, 11) is 6.29. The Hall–Kier alpha value is -3.10. The quantitative estimate of drug-likeness (QED) is 0.622. The highest BCUT2D eigenvalue weighted by Crippen LogP contribution is 2.65. The van der Waals surface area contributed by atoms with Gasteiger partial charge in [0.25, 0.3) is 0 Å². The molecule has 0 aliphatic heterocycles. The SMILES string of the molecule is [B][C@]12C[C@@H](C(=C)c3cnc(-c4ccc(-n5ccnc5)cc4O)nn3)[C@H](F)[C@](C)(C[C@H]1F)C2. The van der Waals surface area contributed by atoms with Gasteiger partial charge in [-0.3, -0.25) is 0 Å². The van der Waals surface area contributed by atoms with E-state index in [0.717, 1.165) is 5.69 Å². The minimum absolute atomic E-state index is 0.00996. The lowest BCUT2D eigenvalue weighted by atomic mass is 9.54. The predicted octanol–water partition coefficient (Wildman–Crippen LogP) is 4.27. The van der Waals surface area contributed by atoms with Gasteiger partial charge in [0.15, 0.2) is 5.82 Å². The molecular weight excluding hydrogens is 411 g/mol. The second kappa shape index (κ2) is 7.22. The molecule has 1 aromatic carbocycles. The average Bonchev–Trinajstić information content (AvgIpc) is 3.37. The van der Waals surface area contributed by atoms with Crippen LogP contribution in [0.1, 0.15) is 31.9 Å². The maximum atomic E-state index is 15.4. The van der Waals surface area contributed by atoms with Crippen molar-refractivity contribution in [1.29, 1.82) is 0 Å². The number of rotatable bonds is 4. The monoisotopic (exact) mass is 433 g/mol. The van der Waals surface area contributed by atoms with Crippen LogP contribution in [-0.2, 0) is 0 Å². The highest BCUT2D eigenvalue weighted by atomic mass is 19.1. The number of phenols is 1. The maximum absolute atomic E-state index is 15.4. The summed E-state index contributed by atoms with van der Waals surface area (Å²) in [5.41, 5.74) is 1.08. The van der Waals surface area contributed by atoms with Crippen LogP contribution in [-0.4, -0.2) is 50.0 Å². The average molecular weight is 433 g/mol. The van der Waals surface area contributed by atoms with Gasteiger partial charge in [0.05, 0.1) is 37.8 Å². The first-order valence-corrected chi connectivity index (χ1v) is 10.5. The summed E-state index contributed by atoms with van der Waals surface area (Å²) >= 11 is 0. The minimum Gasteiger partial charge on any atom is -0.507 e. The molecule has 5 atom stereocenters. The molecule has 0 saturated heterocycles. The zero-order chi connectivity index (χ0) is 22.7. The molecular formula is C23H22BF2N5O. The largest absolute Gasteiger partial charge is 0.507 e. The molecule has 1 N–H and O–H groups in total. The van der Waals surface area contributed by atoms with Crippen LogP contribution in [0.2, 0.25) is 5.31 Å². The van der Waals surface area contributed by atoms with E-state index >= 15 is 4.39 Å². The number of halogens is 2. The van der Waals surface area contributed by atoms with E-state index in [2.05, 4.69) is 26.7 Å². The normalized spacial score (nSPS) is 31.5. The third-order valence-corrected chi connectivity index (χ3v) is 6.98. The van der Waals surface area contributed by atoms with E-state index in [0.29, 0.717) is 23.3 Å². The van der Waals surface area contributed by atoms with Gasteiger partial charge >= 0.3 is 0 Å². The van der Waals surface area contributed by atoms with Crippen LogP contribution in [0.3, 0.4) is 0 Å². The first kappa shape index (κ1) is 20.8. The van der Waals surface area contributed by atoms with Crippen LogP contribution in [0.15, 0.2) is 49.7 Å². The van der Waals surface area contributed by atoms with E-state index in [1.165, 1.54) is 6.20 Å². The van der Waals surface area contributed by atoms with Crippen LogP contribution in [0.4, 0.5) is 8.78 Å². The van der Waals surface area contributed by atoms with Gasteiger partial charge < -0.3 is 9.67 Å². The zero-order valence-electron chi connectivity index (χ0n) is 17.6. The van der Waals surface area contributed by atoms with Crippen molar-refractivity contribution in [2.45, 2.75) is 43.8 Å². The molecule has 9 heteroatoms. The summed E-state index contributed by atoms with van der Waals surface area (Å²) in [4.78, 5) is 8.29. The van der Waals surface area contributed by atoms with Crippen LogP contribution in [0, 0.1) is 11.3 Å². The Morgan fingerprint density at radius 1 is 1.28 bits per heavy atom. The number of phenolic OH excluding ortho intramolecular Hbond substituents is 1. The molecule has 162 valence electrons. The number of alkyl halides is 2. The number of aromatic hydroxyl groups is 1. The summed E-state index contributed by atoms with van der Waals surface area (Å²) in [5.74, 6) is -0.434. The number of allylic oxidation sites excluding steroid dienone is 1. The van der Waals surface area contributed by atoms with Crippen LogP contribution >= 0.6 is 0 Å². The van der Waals surface area contributed by atoms with Gasteiger partial charge in [-0.05, 0) is 42.3 Å². The van der Waals surface area contributed by atoms with Crippen molar-refractivity contribution in [2.24, 2.45) is 11.3 Å². The van der Waals surface area contributed by atoms with Crippen molar-refractivity contribution in [3.63, 3.8) is 0 Å². The van der Waals surface area contributed by atoms with Crippen LogP contribution in [0.25, 0.3) is 22.6 Å². The standard InChI is InChI=1S/C23H22BF2N5O/c1-13(16-8-23(24)11-22(2,20(16)26)9-19(23)25)17-10-28-21(30-29-17)15-4-3-14(7-18(15)32)31-6-5-27-12-31/h3-7,10,12,16,19-20,32H,1,8-9,11H2,2H3/t16-,19+,20-,22+,23-/m0/s1. The number of benzene rings is 1. The lowest BCUT2D eigenvalue weighted by Gasteiger charge is -2.44. The summed E-state index contributed by atoms with van der Waals surface area (Å²) in [6, 6.07) is 5.06. The van der Waals surface area contributed by atoms with Crippen molar-refractivity contribution < 1.29 is 13.9 Å². The number of aromatic nitrogens is 5. The van der Waals surface area contributed by atoms with E-state index in [9.17, 15) is 9.50 Å². The molecule has 2 fully saturated rings. The highest BCUT2D eigenvalue weighted by Gasteiger charge is 2.60. The van der Waals surface area contributed by atoms with Crippen LogP contribution < -0.4 is 0 Å². The molecule has 2 heterocycles. The zero-order valence-corrected chi connectivity index (χ0v) is 17.6. The van der Waals surface area contributed by atoms with Gasteiger partial charge in [-0.1, -0.05) is 13.5 Å². The van der Waals surface area contributed by atoms with E-state index < -0.39 is 29.0 Å². The molecule has 0 amide bonds. The van der Waals surface area contributed by atoms with Gasteiger partial charge in [-0.15, -0.1) is 10.2 Å². The summed E-state index contributed by atoms with van der Waals surface area (Å²) in [5, 5.41) is 17.7. The minimum atomic E-state index is -1.27. The molecule has 2 aromatic heterocycles. The first-order valence-electron chi connectivity index (χ1n) is 10.5. The topological polar surface area (TPSA) is 76.7 Å². The van der Waals surface area contributed by atoms with Gasteiger partial charge in [0.1, 0.15) is 17.6 Å². The second-order valence-electron chi connectivity index (χ2n) is 9.31. The Kier molecular flexibility index (Phi) is 4.69. The fraction of sp³-hybridized carbons (Fsp3) is 0.391. The molecule has 2 radical (unpaired) electrons. The Balaban J connectivity index is 1.39. The fourth-order valence-corrected chi connectivity index (χ4v) is 5.27. The van der Waals surface area contributed by atoms with E-state index in [-0.39, 0.29) is 24.4 Å².